The van der Waals surface area contributed by atoms with E-state index in [1.807, 2.05) is 6.92 Å². The highest BCUT2D eigenvalue weighted by atomic mass is 16.2. The van der Waals surface area contributed by atoms with E-state index in [0.717, 1.165) is 19.4 Å². The molecule has 96 valence electrons. The lowest BCUT2D eigenvalue weighted by molar-refractivity contribution is -0.157. The van der Waals surface area contributed by atoms with Crippen molar-refractivity contribution in [3.05, 3.63) is 0 Å². The largest absolute Gasteiger partial charge is 0.329 e. The first kappa shape index (κ1) is 12.4. The van der Waals surface area contributed by atoms with Crippen molar-refractivity contribution >= 4 is 11.8 Å². The van der Waals surface area contributed by atoms with Crippen LogP contribution >= 0.6 is 0 Å². The second kappa shape index (κ2) is 4.00. The molecule has 0 bridgehead atoms. The Morgan fingerprint density at radius 1 is 1.29 bits per heavy atom. The molecule has 2 aliphatic heterocycles. The highest BCUT2D eigenvalue weighted by Gasteiger charge is 2.44. The first-order valence-corrected chi connectivity index (χ1v) is 6.42. The molecule has 0 radical (unpaired) electrons. The van der Waals surface area contributed by atoms with Crippen LogP contribution in [0.4, 0.5) is 0 Å². The molecule has 2 amide bonds. The van der Waals surface area contributed by atoms with Gasteiger partial charge in [-0.05, 0) is 25.2 Å². The first-order valence-electron chi connectivity index (χ1n) is 6.42. The maximum atomic E-state index is 12.4. The summed E-state index contributed by atoms with van der Waals surface area (Å²) in [5.74, 6) is 0.257. The Bertz CT molecular complexity index is 346. The SMILES string of the molecule is CC(N1CC(=O)N2CCCC2C1=O)C(C)(C)C. The van der Waals surface area contributed by atoms with E-state index in [9.17, 15) is 9.59 Å². The van der Waals surface area contributed by atoms with Gasteiger partial charge in [0, 0.05) is 12.6 Å². The fourth-order valence-corrected chi connectivity index (χ4v) is 2.62. The van der Waals surface area contributed by atoms with Crippen molar-refractivity contribution < 1.29 is 9.59 Å². The van der Waals surface area contributed by atoms with Crippen LogP contribution in [0.25, 0.3) is 0 Å². The van der Waals surface area contributed by atoms with E-state index < -0.39 is 0 Å². The number of fused-ring (bicyclic) bond motifs is 1. The van der Waals surface area contributed by atoms with E-state index in [1.54, 1.807) is 9.80 Å². The molecule has 4 nitrogen and oxygen atoms in total. The van der Waals surface area contributed by atoms with Crippen LogP contribution in [-0.4, -0.2) is 46.8 Å². The molecule has 2 heterocycles. The maximum Gasteiger partial charge on any atom is 0.246 e. The van der Waals surface area contributed by atoms with Crippen molar-refractivity contribution in [3.63, 3.8) is 0 Å². The lowest BCUT2D eigenvalue weighted by atomic mass is 9.86. The van der Waals surface area contributed by atoms with Crippen LogP contribution < -0.4 is 0 Å². The smallest absolute Gasteiger partial charge is 0.246 e. The Hall–Kier alpha value is -1.06. The Labute approximate surface area is 103 Å². The molecule has 2 saturated heterocycles. The summed E-state index contributed by atoms with van der Waals surface area (Å²) in [6.07, 6.45) is 1.79. The van der Waals surface area contributed by atoms with E-state index in [1.165, 1.54) is 0 Å². The Morgan fingerprint density at radius 2 is 1.94 bits per heavy atom. The van der Waals surface area contributed by atoms with Crippen LogP contribution in [0.2, 0.25) is 0 Å². The second-order valence-electron chi connectivity index (χ2n) is 6.25. The van der Waals surface area contributed by atoms with Gasteiger partial charge in [0.2, 0.25) is 11.8 Å². The molecule has 2 unspecified atom stereocenters. The van der Waals surface area contributed by atoms with Crippen LogP contribution in [0.3, 0.4) is 0 Å². The van der Waals surface area contributed by atoms with Crippen molar-refractivity contribution in [2.75, 3.05) is 13.1 Å². The first-order chi connectivity index (χ1) is 7.82. The van der Waals surface area contributed by atoms with Gasteiger partial charge in [0.15, 0.2) is 0 Å². The number of hydrogen-bond donors (Lipinski definition) is 0. The minimum Gasteiger partial charge on any atom is -0.329 e. The average molecular weight is 238 g/mol. The fraction of sp³-hybridized carbons (Fsp3) is 0.846. The number of carbonyl (C=O) groups is 2. The zero-order valence-corrected chi connectivity index (χ0v) is 11.2. The topological polar surface area (TPSA) is 40.6 Å². The Morgan fingerprint density at radius 3 is 2.53 bits per heavy atom. The van der Waals surface area contributed by atoms with E-state index in [0.29, 0.717) is 0 Å². The summed E-state index contributed by atoms with van der Waals surface area (Å²) in [7, 11) is 0. The summed E-state index contributed by atoms with van der Waals surface area (Å²) in [6, 6.07) is -0.0808. The number of nitrogens with zero attached hydrogens (tertiary/aromatic N) is 2. The molecule has 0 saturated carbocycles. The monoisotopic (exact) mass is 238 g/mol. The van der Waals surface area contributed by atoms with E-state index in [4.69, 9.17) is 0 Å². The Balaban J connectivity index is 2.20. The summed E-state index contributed by atoms with van der Waals surface area (Å²) in [5.41, 5.74) is 0.0106. The van der Waals surface area contributed by atoms with Crippen molar-refractivity contribution in [2.45, 2.75) is 52.6 Å². The third kappa shape index (κ3) is 2.05. The molecule has 0 aromatic rings. The van der Waals surface area contributed by atoms with Gasteiger partial charge >= 0.3 is 0 Å². The quantitative estimate of drug-likeness (QED) is 0.690. The molecule has 2 atom stereocenters. The van der Waals surface area contributed by atoms with Gasteiger partial charge < -0.3 is 9.80 Å². The summed E-state index contributed by atoms with van der Waals surface area (Å²) in [5, 5.41) is 0. The lowest BCUT2D eigenvalue weighted by Gasteiger charge is -2.43. The Kier molecular flexibility index (Phi) is 2.92. The molecule has 2 aliphatic rings. The fourth-order valence-electron chi connectivity index (χ4n) is 2.62. The molecule has 0 spiro atoms. The van der Waals surface area contributed by atoms with Gasteiger partial charge in [0.05, 0.1) is 0 Å². The van der Waals surface area contributed by atoms with E-state index in [2.05, 4.69) is 20.8 Å². The minimum atomic E-state index is -0.180. The molecule has 0 aliphatic carbocycles. The number of piperazine rings is 1. The van der Waals surface area contributed by atoms with E-state index >= 15 is 0 Å². The average Bonchev–Trinajstić information content (AvgIpc) is 2.70. The number of carbonyl (C=O) groups excluding carboxylic acids is 2. The molecule has 17 heavy (non-hydrogen) atoms. The molecule has 0 N–H and O–H groups in total. The summed E-state index contributed by atoms with van der Waals surface area (Å²) in [6.45, 7) is 9.37. The zero-order chi connectivity index (χ0) is 12.8. The highest BCUT2D eigenvalue weighted by molar-refractivity contribution is 5.95. The van der Waals surface area contributed by atoms with Crippen LogP contribution in [0, 0.1) is 5.41 Å². The van der Waals surface area contributed by atoms with Gasteiger partial charge in [-0.15, -0.1) is 0 Å². The van der Waals surface area contributed by atoms with Gasteiger partial charge in [-0.1, -0.05) is 20.8 Å². The normalized spacial score (nSPS) is 27.4. The second-order valence-corrected chi connectivity index (χ2v) is 6.25. The predicted molar refractivity (Wildman–Crippen MR) is 65.4 cm³/mol. The van der Waals surface area contributed by atoms with Gasteiger partial charge in [-0.25, -0.2) is 0 Å². The van der Waals surface area contributed by atoms with Crippen molar-refractivity contribution in [1.82, 2.24) is 9.80 Å². The van der Waals surface area contributed by atoms with Crippen LogP contribution in [0.5, 0.6) is 0 Å². The van der Waals surface area contributed by atoms with Gasteiger partial charge in [0.1, 0.15) is 12.6 Å². The van der Waals surface area contributed by atoms with Crippen LogP contribution in [0.1, 0.15) is 40.5 Å². The molecular weight excluding hydrogens is 216 g/mol. The zero-order valence-electron chi connectivity index (χ0n) is 11.2. The van der Waals surface area contributed by atoms with Crippen molar-refractivity contribution in [3.8, 4) is 0 Å². The predicted octanol–water partition coefficient (Wildman–Crippen LogP) is 1.25. The van der Waals surface area contributed by atoms with E-state index in [-0.39, 0.29) is 35.9 Å². The molecule has 0 aromatic carbocycles. The van der Waals surface area contributed by atoms with Crippen LogP contribution in [-0.2, 0) is 9.59 Å². The lowest BCUT2D eigenvalue weighted by Crippen LogP contribution is -2.61. The summed E-state index contributed by atoms with van der Waals surface area (Å²) >= 11 is 0. The highest BCUT2D eigenvalue weighted by Crippen LogP contribution is 2.30. The molecule has 0 aromatic heterocycles. The van der Waals surface area contributed by atoms with Crippen LogP contribution in [0.15, 0.2) is 0 Å². The molecular formula is C13H22N2O2. The van der Waals surface area contributed by atoms with Gasteiger partial charge in [-0.3, -0.25) is 9.59 Å². The summed E-state index contributed by atoms with van der Waals surface area (Å²) in [4.78, 5) is 27.9. The third-order valence-corrected chi connectivity index (χ3v) is 4.17. The minimum absolute atomic E-state index is 0.0106. The molecule has 2 rings (SSSR count). The summed E-state index contributed by atoms with van der Waals surface area (Å²) < 4.78 is 0. The molecule has 2 fully saturated rings. The third-order valence-electron chi connectivity index (χ3n) is 4.17. The van der Waals surface area contributed by atoms with Crippen molar-refractivity contribution in [2.24, 2.45) is 5.41 Å². The number of rotatable bonds is 1. The standard InChI is InChI=1S/C13H22N2O2/c1-9(13(2,3)4)15-8-11(16)14-7-5-6-10(14)12(15)17/h9-10H,5-8H2,1-4H3. The maximum absolute atomic E-state index is 12.4. The van der Waals surface area contributed by atoms with Crippen molar-refractivity contribution in [1.29, 1.82) is 0 Å². The molecule has 4 heteroatoms. The number of hydrogen-bond acceptors (Lipinski definition) is 2. The van der Waals surface area contributed by atoms with Gasteiger partial charge in [-0.2, -0.15) is 0 Å². The number of amides is 2. The van der Waals surface area contributed by atoms with Gasteiger partial charge in [0.25, 0.3) is 0 Å².